The number of benzene rings is 1. The minimum absolute atomic E-state index is 0.384. The summed E-state index contributed by atoms with van der Waals surface area (Å²) in [7, 11) is 1.55. The summed E-state index contributed by atoms with van der Waals surface area (Å²) in [6.45, 7) is 0. The maximum Gasteiger partial charge on any atom is 0.315 e. The first-order valence-electron chi connectivity index (χ1n) is 5.35. The zero-order chi connectivity index (χ0) is 13.7. The molecule has 0 bridgehead atoms. The molecule has 98 valence electrons. The first-order valence-corrected chi connectivity index (χ1v) is 6.23. The Morgan fingerprint density at radius 2 is 1.84 bits per heavy atom. The van der Waals surface area contributed by atoms with E-state index in [1.807, 2.05) is 0 Å². The van der Waals surface area contributed by atoms with E-state index in [4.69, 9.17) is 4.74 Å². The van der Waals surface area contributed by atoms with E-state index >= 15 is 0 Å². The van der Waals surface area contributed by atoms with Crippen LogP contribution in [0.1, 0.15) is 0 Å². The Labute approximate surface area is 113 Å². The molecule has 6 nitrogen and oxygen atoms in total. The van der Waals surface area contributed by atoms with Gasteiger partial charge in [0.2, 0.25) is 0 Å². The van der Waals surface area contributed by atoms with Crippen molar-refractivity contribution in [3.05, 3.63) is 35.8 Å². The van der Waals surface area contributed by atoms with Crippen LogP contribution in [0.4, 0.5) is 10.8 Å². The van der Waals surface area contributed by atoms with Crippen molar-refractivity contribution in [2.45, 2.75) is 0 Å². The zero-order valence-electron chi connectivity index (χ0n) is 10.0. The summed E-state index contributed by atoms with van der Waals surface area (Å²) < 4.78 is 4.99. The highest BCUT2D eigenvalue weighted by atomic mass is 32.1. The van der Waals surface area contributed by atoms with Crippen LogP contribution in [-0.2, 0) is 9.59 Å². The third-order valence-electron chi connectivity index (χ3n) is 2.21. The molecule has 0 fully saturated rings. The number of amides is 2. The van der Waals surface area contributed by atoms with Crippen molar-refractivity contribution < 1.29 is 14.3 Å². The lowest BCUT2D eigenvalue weighted by Gasteiger charge is -2.05. The van der Waals surface area contributed by atoms with Crippen molar-refractivity contribution in [2.24, 2.45) is 0 Å². The van der Waals surface area contributed by atoms with Gasteiger partial charge in [-0.25, -0.2) is 4.98 Å². The second kappa shape index (κ2) is 5.96. The largest absolute Gasteiger partial charge is 0.497 e. The fraction of sp³-hybridized carbons (Fsp3) is 0.0833. The highest BCUT2D eigenvalue weighted by Crippen LogP contribution is 2.15. The zero-order valence-corrected chi connectivity index (χ0v) is 10.9. The van der Waals surface area contributed by atoms with Gasteiger partial charge in [-0.1, -0.05) is 0 Å². The van der Waals surface area contributed by atoms with Gasteiger partial charge >= 0.3 is 11.8 Å². The molecule has 0 atom stereocenters. The lowest BCUT2D eigenvalue weighted by Crippen LogP contribution is -2.28. The number of carbonyl (C=O) groups is 2. The van der Waals surface area contributed by atoms with Gasteiger partial charge in [0.1, 0.15) is 5.75 Å². The maximum absolute atomic E-state index is 11.6. The molecular weight excluding hydrogens is 266 g/mol. The van der Waals surface area contributed by atoms with Crippen LogP contribution in [0.15, 0.2) is 35.8 Å². The van der Waals surface area contributed by atoms with E-state index < -0.39 is 11.8 Å². The monoisotopic (exact) mass is 277 g/mol. The maximum atomic E-state index is 11.6. The molecule has 2 aromatic rings. The number of thiazole rings is 1. The molecule has 0 spiro atoms. The molecule has 1 aromatic carbocycles. The Kier molecular flexibility index (Phi) is 4.09. The van der Waals surface area contributed by atoms with E-state index in [0.717, 1.165) is 0 Å². The van der Waals surface area contributed by atoms with Crippen molar-refractivity contribution in [3.8, 4) is 5.75 Å². The van der Waals surface area contributed by atoms with Gasteiger partial charge < -0.3 is 10.1 Å². The molecule has 2 rings (SSSR count). The number of anilines is 2. The van der Waals surface area contributed by atoms with Crippen LogP contribution in [0.2, 0.25) is 0 Å². The van der Waals surface area contributed by atoms with E-state index in [1.54, 1.807) is 43.0 Å². The van der Waals surface area contributed by atoms with Crippen molar-refractivity contribution in [1.29, 1.82) is 0 Å². The fourth-order valence-corrected chi connectivity index (χ4v) is 1.83. The number of hydrogen-bond donors (Lipinski definition) is 2. The number of methoxy groups -OCH3 is 1. The van der Waals surface area contributed by atoms with Crippen LogP contribution in [0, 0.1) is 0 Å². The third kappa shape index (κ3) is 3.52. The van der Waals surface area contributed by atoms with Crippen LogP contribution < -0.4 is 15.4 Å². The SMILES string of the molecule is COc1ccc(NC(=O)C(=O)Nc2nccs2)cc1. The molecule has 1 heterocycles. The van der Waals surface area contributed by atoms with Crippen molar-refractivity contribution in [3.63, 3.8) is 0 Å². The summed E-state index contributed by atoms with van der Waals surface area (Å²) in [6.07, 6.45) is 1.54. The van der Waals surface area contributed by atoms with Gasteiger partial charge in [-0.2, -0.15) is 0 Å². The fourth-order valence-electron chi connectivity index (χ4n) is 1.30. The number of nitrogens with zero attached hydrogens (tertiary/aromatic N) is 1. The Morgan fingerprint density at radius 3 is 2.42 bits per heavy atom. The summed E-state index contributed by atoms with van der Waals surface area (Å²) in [5, 5.41) is 6.96. The van der Waals surface area contributed by atoms with E-state index in [2.05, 4.69) is 15.6 Å². The van der Waals surface area contributed by atoms with Gasteiger partial charge in [0.05, 0.1) is 7.11 Å². The standard InChI is InChI=1S/C12H11N3O3S/c1-18-9-4-2-8(3-5-9)14-10(16)11(17)15-12-13-6-7-19-12/h2-7H,1H3,(H,14,16)(H,13,15,17). The van der Waals surface area contributed by atoms with E-state index in [9.17, 15) is 9.59 Å². The smallest absolute Gasteiger partial charge is 0.315 e. The average molecular weight is 277 g/mol. The molecular formula is C12H11N3O3S. The number of hydrogen-bond acceptors (Lipinski definition) is 5. The third-order valence-corrected chi connectivity index (χ3v) is 2.90. The Hall–Kier alpha value is -2.41. The van der Waals surface area contributed by atoms with Crippen molar-refractivity contribution in [2.75, 3.05) is 17.7 Å². The molecule has 7 heteroatoms. The molecule has 0 saturated carbocycles. The van der Waals surface area contributed by atoms with E-state index in [-0.39, 0.29) is 0 Å². The van der Waals surface area contributed by atoms with Gasteiger partial charge in [0.25, 0.3) is 0 Å². The molecule has 2 N–H and O–H groups in total. The minimum Gasteiger partial charge on any atom is -0.497 e. The number of carbonyl (C=O) groups excluding carboxylic acids is 2. The lowest BCUT2D eigenvalue weighted by atomic mass is 10.3. The Balaban J connectivity index is 1.94. The minimum atomic E-state index is -0.759. The lowest BCUT2D eigenvalue weighted by molar-refractivity contribution is -0.132. The topological polar surface area (TPSA) is 80.3 Å². The van der Waals surface area contributed by atoms with Gasteiger partial charge in [0, 0.05) is 17.3 Å². The number of ether oxygens (including phenoxy) is 1. The van der Waals surface area contributed by atoms with Crippen LogP contribution >= 0.6 is 11.3 Å². The van der Waals surface area contributed by atoms with Crippen LogP contribution in [0.5, 0.6) is 5.75 Å². The summed E-state index contributed by atoms with van der Waals surface area (Å²) >= 11 is 1.24. The second-order valence-corrected chi connectivity index (χ2v) is 4.37. The predicted octanol–water partition coefficient (Wildman–Crippen LogP) is 1.73. The normalized spacial score (nSPS) is 9.74. The van der Waals surface area contributed by atoms with E-state index in [0.29, 0.717) is 16.6 Å². The first-order chi connectivity index (χ1) is 9.19. The summed E-state index contributed by atoms with van der Waals surface area (Å²) in [5.74, 6) is -0.837. The molecule has 0 aliphatic heterocycles. The highest BCUT2D eigenvalue weighted by molar-refractivity contribution is 7.13. The molecule has 0 unspecified atom stereocenters. The molecule has 0 radical (unpaired) electrons. The van der Waals surface area contributed by atoms with E-state index in [1.165, 1.54) is 11.3 Å². The van der Waals surface area contributed by atoms with Gasteiger partial charge in [0.15, 0.2) is 5.13 Å². The number of aromatic nitrogens is 1. The van der Waals surface area contributed by atoms with Gasteiger partial charge in [-0.15, -0.1) is 11.3 Å². The van der Waals surface area contributed by atoms with Crippen LogP contribution in [0.3, 0.4) is 0 Å². The summed E-state index contributed by atoms with van der Waals surface area (Å²) in [5.41, 5.74) is 0.514. The Morgan fingerprint density at radius 1 is 1.16 bits per heavy atom. The second-order valence-electron chi connectivity index (χ2n) is 3.47. The predicted molar refractivity (Wildman–Crippen MR) is 72.4 cm³/mol. The summed E-state index contributed by atoms with van der Waals surface area (Å²) in [4.78, 5) is 27.0. The van der Waals surface area contributed by atoms with Gasteiger partial charge in [-0.05, 0) is 24.3 Å². The average Bonchev–Trinajstić information content (AvgIpc) is 2.92. The number of nitrogens with one attached hydrogen (secondary N) is 2. The molecule has 2 amide bonds. The van der Waals surface area contributed by atoms with Crippen molar-refractivity contribution in [1.82, 2.24) is 4.98 Å². The summed E-state index contributed by atoms with van der Waals surface area (Å²) in [6, 6.07) is 6.67. The number of rotatable bonds is 3. The van der Waals surface area contributed by atoms with Crippen molar-refractivity contribution >= 4 is 34.0 Å². The quantitative estimate of drug-likeness (QED) is 0.837. The molecule has 19 heavy (non-hydrogen) atoms. The van der Waals surface area contributed by atoms with Gasteiger partial charge in [-0.3, -0.25) is 14.9 Å². The molecule has 0 aliphatic carbocycles. The highest BCUT2D eigenvalue weighted by Gasteiger charge is 2.14. The molecule has 0 aliphatic rings. The first kappa shape index (κ1) is 13.0. The van der Waals surface area contributed by atoms with Crippen LogP contribution in [-0.4, -0.2) is 23.9 Å². The molecule has 1 aromatic heterocycles. The molecule has 0 saturated heterocycles. The Bertz CT molecular complexity index is 566. The van der Waals surface area contributed by atoms with Crippen LogP contribution in [0.25, 0.3) is 0 Å².